The summed E-state index contributed by atoms with van der Waals surface area (Å²) in [6, 6.07) is 16.3. The molecule has 0 heterocycles. The molecule has 3 rings (SSSR count). The van der Waals surface area contributed by atoms with E-state index in [9.17, 15) is 14.4 Å². The highest BCUT2D eigenvalue weighted by atomic mass is 32.2. The van der Waals surface area contributed by atoms with Crippen molar-refractivity contribution in [2.75, 3.05) is 51.5 Å². The van der Waals surface area contributed by atoms with E-state index in [2.05, 4.69) is 29.6 Å². The standard InChI is InChI=1S/C24H28N2O6S/c1-31-12-11-26(14-23(28)29)22(27)16-33-13-10-25-24(30)32-15-21-19-8-4-2-6-17(19)18-7-3-5-9-20(18)21/h2-9,21H,10-16H2,1H3,(H,25,30)(H,28,29). The van der Waals surface area contributed by atoms with Crippen LogP contribution in [0.25, 0.3) is 11.1 Å². The average molecular weight is 473 g/mol. The van der Waals surface area contributed by atoms with Crippen molar-refractivity contribution < 1.29 is 29.0 Å². The molecule has 2 amide bonds. The Kier molecular flexibility index (Phi) is 9.14. The summed E-state index contributed by atoms with van der Waals surface area (Å²) in [5.74, 6) is -0.714. The maximum absolute atomic E-state index is 12.2. The lowest BCUT2D eigenvalue weighted by atomic mass is 9.98. The van der Waals surface area contributed by atoms with E-state index in [1.54, 1.807) is 0 Å². The van der Waals surface area contributed by atoms with E-state index in [1.165, 1.54) is 34.9 Å². The van der Waals surface area contributed by atoms with E-state index in [0.717, 1.165) is 11.1 Å². The van der Waals surface area contributed by atoms with E-state index in [4.69, 9.17) is 14.6 Å². The van der Waals surface area contributed by atoms with Crippen LogP contribution in [0.1, 0.15) is 17.0 Å². The monoisotopic (exact) mass is 472 g/mol. The molecule has 0 aromatic heterocycles. The molecule has 0 bridgehead atoms. The maximum atomic E-state index is 12.2. The minimum atomic E-state index is -1.07. The molecule has 0 aliphatic heterocycles. The predicted octanol–water partition coefficient (Wildman–Crippen LogP) is 2.82. The van der Waals surface area contributed by atoms with E-state index in [0.29, 0.717) is 12.3 Å². The van der Waals surface area contributed by atoms with Gasteiger partial charge in [0.2, 0.25) is 5.91 Å². The number of aliphatic carboxylic acids is 1. The molecule has 9 heteroatoms. The molecule has 0 spiro atoms. The molecule has 0 saturated heterocycles. The smallest absolute Gasteiger partial charge is 0.407 e. The molecule has 2 aromatic rings. The number of fused-ring (bicyclic) bond motifs is 3. The van der Waals surface area contributed by atoms with Crippen molar-refractivity contribution in [2.45, 2.75) is 5.92 Å². The van der Waals surface area contributed by atoms with Crippen LogP contribution in [0.15, 0.2) is 48.5 Å². The van der Waals surface area contributed by atoms with Gasteiger partial charge in [-0.25, -0.2) is 4.79 Å². The van der Waals surface area contributed by atoms with Crippen molar-refractivity contribution in [1.82, 2.24) is 10.2 Å². The third kappa shape index (κ3) is 6.72. The number of nitrogens with zero attached hydrogens (tertiary/aromatic N) is 1. The van der Waals surface area contributed by atoms with Crippen LogP contribution in [0.5, 0.6) is 0 Å². The highest BCUT2D eigenvalue weighted by Gasteiger charge is 2.28. The summed E-state index contributed by atoms with van der Waals surface area (Å²) in [5, 5.41) is 11.6. The van der Waals surface area contributed by atoms with Gasteiger partial charge in [0, 0.05) is 31.9 Å². The quantitative estimate of drug-likeness (QED) is 0.458. The largest absolute Gasteiger partial charge is 0.480 e. The van der Waals surface area contributed by atoms with Crippen LogP contribution in [0, 0.1) is 0 Å². The lowest BCUT2D eigenvalue weighted by Crippen LogP contribution is -2.39. The number of carboxylic acids is 1. The first kappa shape index (κ1) is 24.6. The van der Waals surface area contributed by atoms with Gasteiger partial charge in [0.15, 0.2) is 0 Å². The molecule has 176 valence electrons. The number of ether oxygens (including phenoxy) is 2. The molecule has 0 fully saturated rings. The third-order valence-corrected chi connectivity index (χ3v) is 6.27. The number of carbonyl (C=O) groups is 3. The summed E-state index contributed by atoms with van der Waals surface area (Å²) in [6.45, 7) is 0.717. The van der Waals surface area contributed by atoms with Crippen LogP contribution < -0.4 is 5.32 Å². The minimum absolute atomic E-state index is 0.00228. The van der Waals surface area contributed by atoms with Crippen LogP contribution in [0.3, 0.4) is 0 Å². The average Bonchev–Trinajstić information content (AvgIpc) is 3.13. The second kappa shape index (κ2) is 12.3. The number of carboxylic acid groups (broad SMARTS) is 1. The number of nitrogens with one attached hydrogen (secondary N) is 1. The number of methoxy groups -OCH3 is 1. The van der Waals surface area contributed by atoms with Crippen LogP contribution >= 0.6 is 11.8 Å². The molecule has 8 nitrogen and oxygen atoms in total. The number of hydrogen-bond donors (Lipinski definition) is 2. The molecule has 2 aromatic carbocycles. The Morgan fingerprint density at radius 1 is 1.06 bits per heavy atom. The van der Waals surface area contributed by atoms with Crippen molar-refractivity contribution >= 4 is 29.7 Å². The normalized spacial score (nSPS) is 12.0. The number of benzene rings is 2. The Labute approximate surface area is 197 Å². The first-order chi connectivity index (χ1) is 16.0. The Morgan fingerprint density at radius 3 is 2.30 bits per heavy atom. The first-order valence-electron chi connectivity index (χ1n) is 10.7. The predicted molar refractivity (Wildman–Crippen MR) is 126 cm³/mol. The molecular formula is C24H28N2O6S. The zero-order valence-corrected chi connectivity index (χ0v) is 19.3. The van der Waals surface area contributed by atoms with Gasteiger partial charge in [0.1, 0.15) is 13.2 Å². The summed E-state index contributed by atoms with van der Waals surface area (Å²) < 4.78 is 10.4. The zero-order chi connectivity index (χ0) is 23.6. The molecule has 0 radical (unpaired) electrons. The number of rotatable bonds is 12. The molecule has 0 unspecified atom stereocenters. The maximum Gasteiger partial charge on any atom is 0.407 e. The molecule has 1 aliphatic carbocycles. The fourth-order valence-electron chi connectivity index (χ4n) is 3.78. The first-order valence-corrected chi connectivity index (χ1v) is 11.8. The Balaban J connectivity index is 1.39. The van der Waals surface area contributed by atoms with Gasteiger partial charge in [0.05, 0.1) is 12.4 Å². The van der Waals surface area contributed by atoms with Crippen molar-refractivity contribution in [3.63, 3.8) is 0 Å². The third-order valence-electron chi connectivity index (χ3n) is 5.33. The second-order valence-corrected chi connectivity index (χ2v) is 8.61. The summed E-state index contributed by atoms with van der Waals surface area (Å²) in [7, 11) is 1.49. The van der Waals surface area contributed by atoms with Crippen molar-refractivity contribution in [3.8, 4) is 11.1 Å². The van der Waals surface area contributed by atoms with Gasteiger partial charge < -0.3 is 24.8 Å². The van der Waals surface area contributed by atoms with Crippen LogP contribution in [0.4, 0.5) is 4.79 Å². The Hall–Kier alpha value is -3.04. The fraction of sp³-hybridized carbons (Fsp3) is 0.375. The van der Waals surface area contributed by atoms with Gasteiger partial charge in [-0.05, 0) is 22.3 Å². The number of amides is 2. The van der Waals surface area contributed by atoms with E-state index < -0.39 is 12.1 Å². The number of alkyl carbamates (subject to hydrolysis) is 1. The molecule has 33 heavy (non-hydrogen) atoms. The van der Waals surface area contributed by atoms with E-state index in [1.807, 2.05) is 24.3 Å². The number of thioether (sulfide) groups is 1. The fourth-order valence-corrected chi connectivity index (χ4v) is 4.53. The van der Waals surface area contributed by atoms with Gasteiger partial charge in [-0.15, -0.1) is 0 Å². The van der Waals surface area contributed by atoms with Crippen LogP contribution in [0.2, 0.25) is 0 Å². The second-order valence-electron chi connectivity index (χ2n) is 7.51. The molecule has 0 atom stereocenters. The van der Waals surface area contributed by atoms with Crippen molar-refractivity contribution in [2.24, 2.45) is 0 Å². The molecule has 1 aliphatic rings. The van der Waals surface area contributed by atoms with Gasteiger partial charge in [-0.2, -0.15) is 11.8 Å². The molecule has 2 N–H and O–H groups in total. The SMILES string of the molecule is COCCN(CC(=O)O)C(=O)CSCCNC(=O)OCC1c2ccccc2-c2ccccc21. The van der Waals surface area contributed by atoms with E-state index in [-0.39, 0.29) is 43.9 Å². The van der Waals surface area contributed by atoms with Gasteiger partial charge in [-0.1, -0.05) is 48.5 Å². The summed E-state index contributed by atoms with van der Waals surface area (Å²) in [4.78, 5) is 36.5. The minimum Gasteiger partial charge on any atom is -0.480 e. The molecular weight excluding hydrogens is 444 g/mol. The number of hydrogen-bond acceptors (Lipinski definition) is 6. The lowest BCUT2D eigenvalue weighted by molar-refractivity contribution is -0.143. The zero-order valence-electron chi connectivity index (χ0n) is 18.5. The Morgan fingerprint density at radius 2 is 1.70 bits per heavy atom. The van der Waals surface area contributed by atoms with Gasteiger partial charge >= 0.3 is 12.1 Å². The Bertz CT molecular complexity index is 937. The summed E-state index contributed by atoms with van der Waals surface area (Å²) >= 11 is 1.32. The van der Waals surface area contributed by atoms with Crippen LogP contribution in [-0.4, -0.2) is 79.4 Å². The highest BCUT2D eigenvalue weighted by Crippen LogP contribution is 2.44. The summed E-state index contributed by atoms with van der Waals surface area (Å²) in [6.07, 6.45) is -0.503. The van der Waals surface area contributed by atoms with Crippen LogP contribution in [-0.2, 0) is 19.1 Å². The summed E-state index contributed by atoms with van der Waals surface area (Å²) in [5.41, 5.74) is 4.65. The number of carbonyl (C=O) groups excluding carboxylic acids is 2. The highest BCUT2D eigenvalue weighted by molar-refractivity contribution is 7.99. The van der Waals surface area contributed by atoms with Crippen molar-refractivity contribution in [3.05, 3.63) is 59.7 Å². The van der Waals surface area contributed by atoms with Gasteiger partial charge in [-0.3, -0.25) is 9.59 Å². The lowest BCUT2D eigenvalue weighted by Gasteiger charge is -2.20. The molecule has 0 saturated carbocycles. The van der Waals surface area contributed by atoms with Crippen molar-refractivity contribution in [1.29, 1.82) is 0 Å². The topological polar surface area (TPSA) is 105 Å². The van der Waals surface area contributed by atoms with Gasteiger partial charge in [0.25, 0.3) is 0 Å². The van der Waals surface area contributed by atoms with E-state index >= 15 is 0 Å².